The molecule has 0 radical (unpaired) electrons. The highest BCUT2D eigenvalue weighted by Gasteiger charge is 2.52. The Morgan fingerprint density at radius 2 is 1.61 bits per heavy atom. The van der Waals surface area contributed by atoms with Gasteiger partial charge in [0.25, 0.3) is 5.91 Å². The summed E-state index contributed by atoms with van der Waals surface area (Å²) in [4.78, 5) is 25.1. The normalized spacial score (nSPS) is 37.3. The lowest BCUT2D eigenvalue weighted by atomic mass is 9.75. The molecule has 1 aromatic rings. The Kier molecular flexibility index (Phi) is 5.62. The fraction of sp³-hybridized carbons (Fsp3) is 0.714. The number of benzene rings is 1. The van der Waals surface area contributed by atoms with Crippen molar-refractivity contribution in [2.45, 2.75) is 101 Å². The van der Waals surface area contributed by atoms with E-state index in [0.717, 1.165) is 67.6 Å². The van der Waals surface area contributed by atoms with Crippen molar-refractivity contribution >= 4 is 11.8 Å². The van der Waals surface area contributed by atoms with Crippen LogP contribution in [-0.2, 0) is 4.79 Å². The van der Waals surface area contributed by atoms with Gasteiger partial charge in [0.05, 0.1) is 6.10 Å². The Bertz CT molecular complexity index is 883. The van der Waals surface area contributed by atoms with E-state index >= 15 is 0 Å². The molecule has 4 unspecified atom stereocenters. The first-order valence-electron chi connectivity index (χ1n) is 13.4. The third-order valence-electron chi connectivity index (χ3n) is 9.24. The molecule has 1 aromatic carbocycles. The molecule has 6 rings (SSSR count). The zero-order valence-corrected chi connectivity index (χ0v) is 19.7. The van der Waals surface area contributed by atoms with Gasteiger partial charge < -0.3 is 15.4 Å². The van der Waals surface area contributed by atoms with Crippen molar-refractivity contribution in [3.8, 4) is 5.75 Å². The van der Waals surface area contributed by atoms with Crippen LogP contribution >= 0.6 is 0 Å². The SMILES string of the molecule is O=C(NC12CC3CCCC(C1)C(C3)C2)c1ccc(OC2CCC(NC(=O)C3CC3)CC2)cc1. The van der Waals surface area contributed by atoms with Gasteiger partial charge in [0.2, 0.25) is 5.91 Å². The Hall–Kier alpha value is -2.04. The summed E-state index contributed by atoms with van der Waals surface area (Å²) in [5.74, 6) is 3.91. The summed E-state index contributed by atoms with van der Waals surface area (Å²) in [6, 6.07) is 8.02. The first-order valence-corrected chi connectivity index (χ1v) is 13.4. The summed E-state index contributed by atoms with van der Waals surface area (Å²) < 4.78 is 6.21. The van der Waals surface area contributed by atoms with Crippen molar-refractivity contribution in [3.63, 3.8) is 0 Å². The summed E-state index contributed by atoms with van der Waals surface area (Å²) in [7, 11) is 0. The van der Waals surface area contributed by atoms with Gasteiger partial charge in [-0.05, 0) is 106 Å². The molecule has 0 heterocycles. The maximum absolute atomic E-state index is 13.1. The van der Waals surface area contributed by atoms with Crippen LogP contribution in [0, 0.1) is 23.7 Å². The Balaban J connectivity index is 1.01. The van der Waals surface area contributed by atoms with Crippen LogP contribution in [0.1, 0.15) is 93.8 Å². The fourth-order valence-corrected chi connectivity index (χ4v) is 7.49. The van der Waals surface area contributed by atoms with Crippen LogP contribution in [0.5, 0.6) is 5.75 Å². The summed E-state index contributed by atoms with van der Waals surface area (Å²) in [6.07, 6.45) is 15.2. The average molecular weight is 451 g/mol. The van der Waals surface area contributed by atoms with Crippen molar-refractivity contribution in [1.29, 1.82) is 0 Å². The predicted octanol–water partition coefficient (Wildman–Crippen LogP) is 4.99. The topological polar surface area (TPSA) is 67.4 Å². The number of nitrogens with one attached hydrogen (secondary N) is 2. The van der Waals surface area contributed by atoms with Crippen LogP contribution in [0.25, 0.3) is 0 Å². The highest BCUT2D eigenvalue weighted by Crippen LogP contribution is 2.55. The number of carbonyl (C=O) groups excluding carboxylic acids is 2. The molecular formula is C28H38N2O3. The lowest BCUT2D eigenvalue weighted by Crippen LogP contribution is -2.49. The minimum absolute atomic E-state index is 0.0402. The number of carbonyl (C=O) groups is 2. The highest BCUT2D eigenvalue weighted by atomic mass is 16.5. The molecule has 5 fully saturated rings. The molecule has 3 bridgehead atoms. The van der Waals surface area contributed by atoms with Crippen LogP contribution in [-0.4, -0.2) is 29.5 Å². The largest absolute Gasteiger partial charge is 0.490 e. The molecule has 5 aliphatic carbocycles. The van der Waals surface area contributed by atoms with E-state index in [1.165, 1.54) is 44.9 Å². The van der Waals surface area contributed by atoms with Crippen molar-refractivity contribution in [2.24, 2.45) is 23.7 Å². The molecule has 0 aliphatic heterocycles. The smallest absolute Gasteiger partial charge is 0.251 e. The molecular weight excluding hydrogens is 412 g/mol. The van der Waals surface area contributed by atoms with E-state index in [1.807, 2.05) is 24.3 Å². The first-order chi connectivity index (χ1) is 16.1. The van der Waals surface area contributed by atoms with E-state index in [9.17, 15) is 9.59 Å². The van der Waals surface area contributed by atoms with Gasteiger partial charge in [-0.15, -0.1) is 0 Å². The van der Waals surface area contributed by atoms with Gasteiger partial charge in [0, 0.05) is 23.1 Å². The molecule has 4 atom stereocenters. The van der Waals surface area contributed by atoms with E-state index in [1.54, 1.807) is 0 Å². The Labute approximate surface area is 197 Å². The second-order valence-electron chi connectivity index (χ2n) is 11.8. The quantitative estimate of drug-likeness (QED) is 0.641. The summed E-state index contributed by atoms with van der Waals surface area (Å²) in [5.41, 5.74) is 0.779. The molecule has 5 aliphatic rings. The van der Waals surface area contributed by atoms with Crippen LogP contribution in [0.3, 0.4) is 0 Å². The molecule has 33 heavy (non-hydrogen) atoms. The van der Waals surface area contributed by atoms with Gasteiger partial charge in [-0.3, -0.25) is 9.59 Å². The standard InChI is InChI=1S/C28H38N2O3/c31-26(19-4-5-19)29-23-8-12-25(13-9-23)33-24-10-6-20(7-11-24)27(32)30-28-15-18-2-1-3-21(16-28)22(14-18)17-28/h6-7,10-11,18-19,21-23,25H,1-5,8-9,12-17H2,(H,29,31)(H,30,32). The van der Waals surface area contributed by atoms with Gasteiger partial charge in [-0.25, -0.2) is 0 Å². The number of hydrogen-bond acceptors (Lipinski definition) is 3. The van der Waals surface area contributed by atoms with Crippen LogP contribution in [0.2, 0.25) is 0 Å². The lowest BCUT2D eigenvalue weighted by molar-refractivity contribution is -0.123. The molecule has 2 N–H and O–H groups in total. The van der Waals surface area contributed by atoms with E-state index in [4.69, 9.17) is 4.74 Å². The predicted molar refractivity (Wildman–Crippen MR) is 127 cm³/mol. The first kappa shape index (κ1) is 21.5. The lowest BCUT2D eigenvalue weighted by Gasteiger charge is -2.38. The van der Waals surface area contributed by atoms with Crippen LogP contribution < -0.4 is 15.4 Å². The van der Waals surface area contributed by atoms with Crippen molar-refractivity contribution in [1.82, 2.24) is 10.6 Å². The van der Waals surface area contributed by atoms with Crippen LogP contribution in [0.4, 0.5) is 0 Å². The van der Waals surface area contributed by atoms with Crippen molar-refractivity contribution in [2.75, 3.05) is 0 Å². The average Bonchev–Trinajstić information content (AvgIpc) is 3.63. The number of amides is 2. The number of hydrogen-bond donors (Lipinski definition) is 2. The molecule has 0 spiro atoms. The minimum Gasteiger partial charge on any atom is -0.490 e. The fourth-order valence-electron chi connectivity index (χ4n) is 7.49. The van der Waals surface area contributed by atoms with E-state index < -0.39 is 0 Å². The van der Waals surface area contributed by atoms with E-state index in [-0.39, 0.29) is 29.4 Å². The number of rotatable bonds is 6. The van der Waals surface area contributed by atoms with E-state index in [0.29, 0.717) is 6.04 Å². The third-order valence-corrected chi connectivity index (χ3v) is 9.24. The van der Waals surface area contributed by atoms with Crippen molar-refractivity contribution in [3.05, 3.63) is 29.8 Å². The monoisotopic (exact) mass is 450 g/mol. The third kappa shape index (κ3) is 4.65. The second-order valence-corrected chi connectivity index (χ2v) is 11.8. The van der Waals surface area contributed by atoms with Gasteiger partial charge in [0.1, 0.15) is 5.75 Å². The van der Waals surface area contributed by atoms with Crippen molar-refractivity contribution < 1.29 is 14.3 Å². The van der Waals surface area contributed by atoms with E-state index in [2.05, 4.69) is 10.6 Å². The highest BCUT2D eigenvalue weighted by molar-refractivity contribution is 5.94. The second kappa shape index (κ2) is 8.63. The molecule has 0 saturated heterocycles. The molecule has 5 nitrogen and oxygen atoms in total. The molecule has 178 valence electrons. The zero-order chi connectivity index (χ0) is 22.4. The van der Waals surface area contributed by atoms with Gasteiger partial charge >= 0.3 is 0 Å². The molecule has 5 heteroatoms. The van der Waals surface area contributed by atoms with Crippen LogP contribution in [0.15, 0.2) is 24.3 Å². The zero-order valence-electron chi connectivity index (χ0n) is 19.7. The molecule has 0 aromatic heterocycles. The number of fused-ring (bicyclic) bond motifs is 2. The summed E-state index contributed by atoms with van der Waals surface area (Å²) in [5, 5.41) is 6.69. The van der Waals surface area contributed by atoms with Gasteiger partial charge in [0.15, 0.2) is 0 Å². The maximum Gasteiger partial charge on any atom is 0.251 e. The van der Waals surface area contributed by atoms with Gasteiger partial charge in [-0.2, -0.15) is 0 Å². The van der Waals surface area contributed by atoms with Gasteiger partial charge in [-0.1, -0.05) is 19.3 Å². The number of ether oxygens (including phenoxy) is 1. The maximum atomic E-state index is 13.1. The minimum atomic E-state index is 0.0402. The summed E-state index contributed by atoms with van der Waals surface area (Å²) >= 11 is 0. The Morgan fingerprint density at radius 3 is 2.36 bits per heavy atom. The molecule has 2 amide bonds. The molecule has 5 saturated carbocycles. The Morgan fingerprint density at radius 1 is 0.848 bits per heavy atom. The summed E-state index contributed by atoms with van der Waals surface area (Å²) in [6.45, 7) is 0.